The summed E-state index contributed by atoms with van der Waals surface area (Å²) in [6.45, 7) is 1.92. The third-order valence-electron chi connectivity index (χ3n) is 1.92. The van der Waals surface area contributed by atoms with Gasteiger partial charge in [-0.2, -0.15) is 0 Å². The molecule has 2 rings (SSSR count). The summed E-state index contributed by atoms with van der Waals surface area (Å²) in [6.07, 6.45) is 2.31. The van der Waals surface area contributed by atoms with E-state index in [-0.39, 0.29) is 0 Å². The van der Waals surface area contributed by atoms with Gasteiger partial charge in [0.2, 0.25) is 11.8 Å². The highest BCUT2D eigenvalue weighted by molar-refractivity contribution is 6.17. The second-order valence-electron chi connectivity index (χ2n) is 3.13. The van der Waals surface area contributed by atoms with Gasteiger partial charge in [0.1, 0.15) is 0 Å². The average Bonchev–Trinajstić information content (AvgIpc) is 2.67. The van der Waals surface area contributed by atoms with Gasteiger partial charge in [0.05, 0.1) is 0 Å². The number of alkyl halides is 1. The number of hydrogen-bond acceptors (Lipinski definition) is 4. The molecule has 0 spiro atoms. The van der Waals surface area contributed by atoms with E-state index in [1.165, 1.54) is 0 Å². The van der Waals surface area contributed by atoms with E-state index in [2.05, 4.69) is 15.2 Å². The molecule has 0 atom stereocenters. The lowest BCUT2D eigenvalue weighted by Gasteiger charge is -1.94. The summed E-state index contributed by atoms with van der Waals surface area (Å²) in [5, 5.41) is 7.83. The Morgan fingerprint density at radius 2 is 2.27 bits per heavy atom. The minimum absolute atomic E-state index is 0.483. The monoisotopic (exact) mass is 223 g/mol. The van der Waals surface area contributed by atoms with Gasteiger partial charge < -0.3 is 4.42 Å². The summed E-state index contributed by atoms with van der Waals surface area (Å²) < 4.78 is 5.43. The lowest BCUT2D eigenvalue weighted by atomic mass is 10.2. The summed E-state index contributed by atoms with van der Waals surface area (Å²) in [5.74, 6) is 1.56. The fraction of sp³-hybridized carbons (Fsp3) is 0.300. The second kappa shape index (κ2) is 4.40. The van der Waals surface area contributed by atoms with Crippen molar-refractivity contribution >= 4 is 11.6 Å². The molecule has 0 unspecified atom stereocenters. The summed E-state index contributed by atoms with van der Waals surface area (Å²) in [4.78, 5) is 4.10. The van der Waals surface area contributed by atoms with Crippen LogP contribution < -0.4 is 0 Å². The van der Waals surface area contributed by atoms with Gasteiger partial charge >= 0.3 is 0 Å². The Balaban J connectivity index is 2.29. The Kier molecular flexibility index (Phi) is 2.97. The van der Waals surface area contributed by atoms with Crippen molar-refractivity contribution in [1.82, 2.24) is 15.2 Å². The topological polar surface area (TPSA) is 51.8 Å². The van der Waals surface area contributed by atoms with Crippen LogP contribution in [-0.4, -0.2) is 21.1 Å². The quantitative estimate of drug-likeness (QED) is 0.749. The lowest BCUT2D eigenvalue weighted by Crippen LogP contribution is -1.84. The smallest absolute Gasteiger partial charge is 0.247 e. The molecule has 2 aromatic rings. The van der Waals surface area contributed by atoms with E-state index in [1.807, 2.05) is 19.1 Å². The standard InChI is InChI=1S/C10H10ClN3O/c1-7-6-8(3-5-12-7)10-14-13-9(15-10)2-4-11/h3,5-6H,2,4H2,1H3. The molecule has 0 aromatic carbocycles. The van der Waals surface area contributed by atoms with Crippen LogP contribution >= 0.6 is 11.6 Å². The molecule has 0 saturated carbocycles. The molecular weight excluding hydrogens is 214 g/mol. The fourth-order valence-electron chi connectivity index (χ4n) is 1.23. The molecule has 0 aliphatic carbocycles. The maximum atomic E-state index is 5.58. The third kappa shape index (κ3) is 2.33. The molecule has 15 heavy (non-hydrogen) atoms. The van der Waals surface area contributed by atoms with Gasteiger partial charge in [0, 0.05) is 29.8 Å². The molecule has 5 heteroatoms. The van der Waals surface area contributed by atoms with E-state index >= 15 is 0 Å². The van der Waals surface area contributed by atoms with Crippen molar-refractivity contribution in [2.45, 2.75) is 13.3 Å². The number of rotatable bonds is 3. The number of nitrogens with zero attached hydrogens (tertiary/aromatic N) is 3. The van der Waals surface area contributed by atoms with Gasteiger partial charge in [-0.25, -0.2) is 0 Å². The van der Waals surface area contributed by atoms with E-state index in [0.29, 0.717) is 24.1 Å². The van der Waals surface area contributed by atoms with Crippen molar-refractivity contribution in [3.05, 3.63) is 29.9 Å². The van der Waals surface area contributed by atoms with Crippen molar-refractivity contribution < 1.29 is 4.42 Å². The summed E-state index contributed by atoms with van der Waals surface area (Å²) in [6, 6.07) is 3.74. The Morgan fingerprint density at radius 1 is 1.40 bits per heavy atom. The van der Waals surface area contributed by atoms with Crippen LogP contribution in [0.1, 0.15) is 11.6 Å². The minimum Gasteiger partial charge on any atom is -0.421 e. The SMILES string of the molecule is Cc1cc(-c2nnc(CCCl)o2)ccn1. The van der Waals surface area contributed by atoms with Crippen molar-refractivity contribution in [2.75, 3.05) is 5.88 Å². The lowest BCUT2D eigenvalue weighted by molar-refractivity contribution is 0.513. The number of hydrogen-bond donors (Lipinski definition) is 0. The number of pyridine rings is 1. The molecule has 0 N–H and O–H groups in total. The first-order valence-electron chi connectivity index (χ1n) is 4.61. The summed E-state index contributed by atoms with van der Waals surface area (Å²) >= 11 is 5.58. The Labute approximate surface area is 92.3 Å². The molecule has 0 saturated heterocycles. The van der Waals surface area contributed by atoms with Crippen molar-refractivity contribution in [1.29, 1.82) is 0 Å². The summed E-state index contributed by atoms with van der Waals surface area (Å²) in [7, 11) is 0. The molecule has 0 radical (unpaired) electrons. The van der Waals surface area contributed by atoms with Crippen LogP contribution in [0.25, 0.3) is 11.5 Å². The van der Waals surface area contributed by atoms with Gasteiger partial charge in [0.15, 0.2) is 0 Å². The van der Waals surface area contributed by atoms with Crippen molar-refractivity contribution in [3.8, 4) is 11.5 Å². The predicted molar refractivity (Wildman–Crippen MR) is 56.7 cm³/mol. The maximum Gasteiger partial charge on any atom is 0.247 e. The highest BCUT2D eigenvalue weighted by Crippen LogP contribution is 2.17. The molecular formula is C10H10ClN3O. The van der Waals surface area contributed by atoms with Crippen LogP contribution in [0, 0.1) is 6.92 Å². The molecule has 0 amide bonds. The minimum atomic E-state index is 0.483. The van der Waals surface area contributed by atoms with E-state index < -0.39 is 0 Å². The van der Waals surface area contributed by atoms with E-state index in [4.69, 9.17) is 16.0 Å². The third-order valence-corrected chi connectivity index (χ3v) is 2.11. The zero-order chi connectivity index (χ0) is 10.7. The summed E-state index contributed by atoms with van der Waals surface area (Å²) in [5.41, 5.74) is 1.81. The van der Waals surface area contributed by atoms with Crippen molar-refractivity contribution in [3.63, 3.8) is 0 Å². The highest BCUT2D eigenvalue weighted by atomic mass is 35.5. The van der Waals surface area contributed by atoms with E-state index in [9.17, 15) is 0 Å². The second-order valence-corrected chi connectivity index (χ2v) is 3.50. The van der Waals surface area contributed by atoms with Crippen LogP contribution in [0.2, 0.25) is 0 Å². The van der Waals surface area contributed by atoms with Gasteiger partial charge in [-0.3, -0.25) is 4.98 Å². The molecule has 0 aliphatic rings. The fourth-order valence-corrected chi connectivity index (χ4v) is 1.39. The Morgan fingerprint density at radius 3 is 3.00 bits per heavy atom. The van der Waals surface area contributed by atoms with Gasteiger partial charge in [0.25, 0.3) is 0 Å². The van der Waals surface area contributed by atoms with Gasteiger partial charge in [-0.05, 0) is 19.1 Å². The molecule has 2 heterocycles. The zero-order valence-corrected chi connectivity index (χ0v) is 9.03. The van der Waals surface area contributed by atoms with Gasteiger partial charge in [-0.1, -0.05) is 0 Å². The number of halogens is 1. The van der Waals surface area contributed by atoms with E-state index in [0.717, 1.165) is 11.3 Å². The first-order chi connectivity index (χ1) is 7.29. The largest absolute Gasteiger partial charge is 0.421 e. The molecule has 0 fully saturated rings. The normalized spacial score (nSPS) is 10.5. The Hall–Kier alpha value is -1.42. The van der Waals surface area contributed by atoms with Crippen LogP contribution in [0.15, 0.2) is 22.7 Å². The first-order valence-corrected chi connectivity index (χ1v) is 5.14. The zero-order valence-electron chi connectivity index (χ0n) is 8.27. The molecule has 2 aromatic heterocycles. The molecule has 0 aliphatic heterocycles. The van der Waals surface area contributed by atoms with Crippen molar-refractivity contribution in [2.24, 2.45) is 0 Å². The first kappa shape index (κ1) is 10.1. The van der Waals surface area contributed by atoms with Crippen LogP contribution in [0.3, 0.4) is 0 Å². The van der Waals surface area contributed by atoms with Crippen LogP contribution in [-0.2, 0) is 6.42 Å². The maximum absolute atomic E-state index is 5.58. The highest BCUT2D eigenvalue weighted by Gasteiger charge is 2.07. The van der Waals surface area contributed by atoms with Crippen LogP contribution in [0.4, 0.5) is 0 Å². The van der Waals surface area contributed by atoms with Gasteiger partial charge in [-0.15, -0.1) is 21.8 Å². The number of aromatic nitrogens is 3. The number of aryl methyl sites for hydroxylation is 2. The molecule has 0 bridgehead atoms. The van der Waals surface area contributed by atoms with Crippen LogP contribution in [0.5, 0.6) is 0 Å². The Bertz CT molecular complexity index is 455. The van der Waals surface area contributed by atoms with E-state index in [1.54, 1.807) is 6.20 Å². The average molecular weight is 224 g/mol. The molecule has 4 nitrogen and oxygen atoms in total. The predicted octanol–water partition coefficient (Wildman–Crippen LogP) is 2.22. The molecule has 78 valence electrons.